The van der Waals surface area contributed by atoms with Crippen LogP contribution in [0.1, 0.15) is 18.4 Å². The largest absolute Gasteiger partial charge is 0.313 e. The zero-order valence-electron chi connectivity index (χ0n) is 7.05. The Morgan fingerprint density at radius 1 is 1.33 bits per heavy atom. The van der Waals surface area contributed by atoms with Gasteiger partial charge in [-0.3, -0.25) is 0 Å². The number of hydrogen-bond acceptors (Lipinski definition) is 1. The number of benzene rings is 1. The first-order chi connectivity index (χ1) is 5.77. The van der Waals surface area contributed by atoms with Crippen LogP contribution >= 0.6 is 0 Å². The average Bonchev–Trinajstić information content (AvgIpc) is 2.06. The van der Waals surface area contributed by atoms with E-state index in [1.54, 1.807) is 0 Å². The first kappa shape index (κ1) is 7.74. The van der Waals surface area contributed by atoms with Gasteiger partial charge in [0, 0.05) is 18.5 Å². The SMILES string of the molecule is CC1NCC1c1ccc(F)cc1. The smallest absolute Gasteiger partial charge is 0.123 e. The van der Waals surface area contributed by atoms with E-state index >= 15 is 0 Å². The monoisotopic (exact) mass is 165 g/mol. The van der Waals surface area contributed by atoms with E-state index in [0.717, 1.165) is 6.54 Å². The quantitative estimate of drug-likeness (QED) is 0.670. The topological polar surface area (TPSA) is 12.0 Å². The van der Waals surface area contributed by atoms with Crippen LogP contribution in [-0.4, -0.2) is 12.6 Å². The Kier molecular flexibility index (Phi) is 1.85. The van der Waals surface area contributed by atoms with Crippen LogP contribution in [0.15, 0.2) is 24.3 Å². The summed E-state index contributed by atoms with van der Waals surface area (Å²) in [5.74, 6) is 0.421. The van der Waals surface area contributed by atoms with Gasteiger partial charge in [-0.05, 0) is 24.6 Å². The van der Waals surface area contributed by atoms with Crippen molar-refractivity contribution in [3.8, 4) is 0 Å². The van der Waals surface area contributed by atoms with E-state index in [9.17, 15) is 4.39 Å². The van der Waals surface area contributed by atoms with E-state index < -0.39 is 0 Å². The van der Waals surface area contributed by atoms with Crippen molar-refractivity contribution in [2.24, 2.45) is 0 Å². The fourth-order valence-electron chi connectivity index (χ4n) is 1.59. The van der Waals surface area contributed by atoms with E-state index in [4.69, 9.17) is 0 Å². The van der Waals surface area contributed by atoms with Crippen LogP contribution in [0.4, 0.5) is 4.39 Å². The lowest BCUT2D eigenvalue weighted by Crippen LogP contribution is -2.48. The summed E-state index contributed by atoms with van der Waals surface area (Å²) in [6, 6.07) is 7.34. The van der Waals surface area contributed by atoms with Gasteiger partial charge in [-0.2, -0.15) is 0 Å². The second kappa shape index (κ2) is 2.87. The third-order valence-corrected chi connectivity index (χ3v) is 2.56. The lowest BCUT2D eigenvalue weighted by molar-refractivity contribution is 0.334. The minimum absolute atomic E-state index is 0.154. The molecule has 0 saturated carbocycles. The van der Waals surface area contributed by atoms with Gasteiger partial charge in [0.25, 0.3) is 0 Å². The maximum atomic E-state index is 12.6. The van der Waals surface area contributed by atoms with E-state index in [2.05, 4.69) is 12.2 Å². The van der Waals surface area contributed by atoms with Crippen molar-refractivity contribution in [2.45, 2.75) is 18.9 Å². The molecule has 0 radical (unpaired) electrons. The summed E-state index contributed by atoms with van der Waals surface area (Å²) in [5, 5.41) is 3.28. The lowest BCUT2D eigenvalue weighted by Gasteiger charge is -2.35. The van der Waals surface area contributed by atoms with Crippen molar-refractivity contribution in [2.75, 3.05) is 6.54 Å². The minimum atomic E-state index is -0.154. The second-order valence-electron chi connectivity index (χ2n) is 3.35. The summed E-state index contributed by atoms with van der Waals surface area (Å²) >= 11 is 0. The molecule has 1 heterocycles. The Morgan fingerprint density at radius 2 is 2.00 bits per heavy atom. The Bertz CT molecular complexity index is 268. The average molecular weight is 165 g/mol. The van der Waals surface area contributed by atoms with E-state index in [1.807, 2.05) is 12.1 Å². The lowest BCUT2D eigenvalue weighted by atomic mass is 9.86. The van der Waals surface area contributed by atoms with Gasteiger partial charge in [-0.25, -0.2) is 4.39 Å². The third kappa shape index (κ3) is 1.23. The predicted octanol–water partition coefficient (Wildman–Crippen LogP) is 1.90. The predicted molar refractivity (Wildman–Crippen MR) is 46.6 cm³/mol. The van der Waals surface area contributed by atoms with Crippen LogP contribution in [0.3, 0.4) is 0 Å². The van der Waals surface area contributed by atoms with Crippen molar-refractivity contribution in [3.63, 3.8) is 0 Å². The molecule has 2 heteroatoms. The van der Waals surface area contributed by atoms with Crippen molar-refractivity contribution < 1.29 is 4.39 Å². The molecular formula is C10H12FN. The fraction of sp³-hybridized carbons (Fsp3) is 0.400. The molecular weight excluding hydrogens is 153 g/mol. The zero-order chi connectivity index (χ0) is 8.55. The summed E-state index contributed by atoms with van der Waals surface area (Å²) in [6.45, 7) is 3.17. The number of nitrogens with one attached hydrogen (secondary N) is 1. The van der Waals surface area contributed by atoms with Crippen molar-refractivity contribution in [3.05, 3.63) is 35.6 Å². The molecule has 1 aromatic carbocycles. The normalized spacial score (nSPS) is 28.2. The molecule has 1 aromatic rings. The highest BCUT2D eigenvalue weighted by Crippen LogP contribution is 2.25. The fourth-order valence-corrected chi connectivity index (χ4v) is 1.59. The minimum Gasteiger partial charge on any atom is -0.313 e. The highest BCUT2D eigenvalue weighted by atomic mass is 19.1. The molecule has 1 aliphatic rings. The van der Waals surface area contributed by atoms with Crippen molar-refractivity contribution >= 4 is 0 Å². The van der Waals surface area contributed by atoms with Gasteiger partial charge in [0.15, 0.2) is 0 Å². The van der Waals surface area contributed by atoms with E-state index in [-0.39, 0.29) is 5.82 Å². The molecule has 1 nitrogen and oxygen atoms in total. The molecule has 0 amide bonds. The number of halogens is 1. The first-order valence-corrected chi connectivity index (χ1v) is 4.26. The maximum absolute atomic E-state index is 12.6. The van der Waals surface area contributed by atoms with Gasteiger partial charge < -0.3 is 5.32 Å². The molecule has 1 saturated heterocycles. The molecule has 2 unspecified atom stereocenters. The number of hydrogen-bond donors (Lipinski definition) is 1. The van der Waals surface area contributed by atoms with Crippen molar-refractivity contribution in [1.82, 2.24) is 5.32 Å². The van der Waals surface area contributed by atoms with E-state index in [1.165, 1.54) is 17.7 Å². The van der Waals surface area contributed by atoms with Gasteiger partial charge >= 0.3 is 0 Å². The van der Waals surface area contributed by atoms with Crippen LogP contribution in [0.25, 0.3) is 0 Å². The summed E-state index contributed by atoms with van der Waals surface area (Å²) in [6.07, 6.45) is 0. The Balaban J connectivity index is 2.18. The van der Waals surface area contributed by atoms with Crippen LogP contribution in [0.5, 0.6) is 0 Å². The molecule has 1 fully saturated rings. The molecule has 2 rings (SSSR count). The Morgan fingerprint density at radius 3 is 2.42 bits per heavy atom. The summed E-state index contributed by atoms with van der Waals surface area (Å²) < 4.78 is 12.6. The van der Waals surface area contributed by atoms with Crippen molar-refractivity contribution in [1.29, 1.82) is 0 Å². The summed E-state index contributed by atoms with van der Waals surface area (Å²) in [5.41, 5.74) is 1.24. The number of rotatable bonds is 1. The molecule has 2 atom stereocenters. The van der Waals surface area contributed by atoms with E-state index in [0.29, 0.717) is 12.0 Å². The highest BCUT2D eigenvalue weighted by Gasteiger charge is 2.26. The molecule has 0 bridgehead atoms. The van der Waals surface area contributed by atoms with Crippen LogP contribution in [-0.2, 0) is 0 Å². The van der Waals surface area contributed by atoms with Gasteiger partial charge in [-0.1, -0.05) is 12.1 Å². The molecule has 0 spiro atoms. The van der Waals surface area contributed by atoms with Gasteiger partial charge in [-0.15, -0.1) is 0 Å². The second-order valence-corrected chi connectivity index (χ2v) is 3.35. The maximum Gasteiger partial charge on any atom is 0.123 e. The molecule has 0 aliphatic carbocycles. The zero-order valence-corrected chi connectivity index (χ0v) is 7.05. The van der Waals surface area contributed by atoms with Crippen LogP contribution in [0, 0.1) is 5.82 Å². The first-order valence-electron chi connectivity index (χ1n) is 4.26. The standard InChI is InChI=1S/C10H12FN/c1-7-10(6-12-7)8-2-4-9(11)5-3-8/h2-5,7,10,12H,6H2,1H3. The Hall–Kier alpha value is -0.890. The molecule has 1 aliphatic heterocycles. The van der Waals surface area contributed by atoms with Crippen LogP contribution < -0.4 is 5.32 Å². The Labute approximate surface area is 71.6 Å². The van der Waals surface area contributed by atoms with Gasteiger partial charge in [0.1, 0.15) is 5.82 Å². The molecule has 0 aromatic heterocycles. The highest BCUT2D eigenvalue weighted by molar-refractivity contribution is 5.24. The molecule has 1 N–H and O–H groups in total. The third-order valence-electron chi connectivity index (χ3n) is 2.56. The van der Waals surface area contributed by atoms with Gasteiger partial charge in [0.2, 0.25) is 0 Å². The summed E-state index contributed by atoms with van der Waals surface area (Å²) in [4.78, 5) is 0. The molecule has 64 valence electrons. The van der Waals surface area contributed by atoms with Crippen LogP contribution in [0.2, 0.25) is 0 Å². The van der Waals surface area contributed by atoms with Gasteiger partial charge in [0.05, 0.1) is 0 Å². The molecule has 12 heavy (non-hydrogen) atoms. The summed E-state index contributed by atoms with van der Waals surface area (Å²) in [7, 11) is 0.